The summed E-state index contributed by atoms with van der Waals surface area (Å²) in [6, 6.07) is 11.0. The molecule has 0 unspecified atom stereocenters. The van der Waals surface area contributed by atoms with E-state index >= 15 is 0 Å². The molecule has 0 saturated heterocycles. The first-order chi connectivity index (χ1) is 8.67. The molecule has 18 heavy (non-hydrogen) atoms. The number of halogens is 1. The highest BCUT2D eigenvalue weighted by atomic mass is 19.1. The molecule has 0 heterocycles. The van der Waals surface area contributed by atoms with Crippen molar-refractivity contribution in [1.29, 1.82) is 0 Å². The van der Waals surface area contributed by atoms with Crippen LogP contribution in [0.15, 0.2) is 36.4 Å². The minimum Gasteiger partial charge on any atom is -0.497 e. The van der Waals surface area contributed by atoms with E-state index in [-0.39, 0.29) is 11.6 Å². The fraction of sp³-hybridized carbons (Fsp3) is 0.200. The minimum atomic E-state index is -0.314. The first kappa shape index (κ1) is 12.4. The SMILES string of the molecule is COc1ccc(-c2ccc(OC)c(F)c2C)cc1. The number of rotatable bonds is 3. The van der Waals surface area contributed by atoms with Crippen molar-refractivity contribution in [2.24, 2.45) is 0 Å². The van der Waals surface area contributed by atoms with Gasteiger partial charge in [-0.1, -0.05) is 18.2 Å². The monoisotopic (exact) mass is 246 g/mol. The average Bonchev–Trinajstić information content (AvgIpc) is 2.42. The van der Waals surface area contributed by atoms with Crippen molar-refractivity contribution in [3.05, 3.63) is 47.8 Å². The molecule has 0 radical (unpaired) electrons. The van der Waals surface area contributed by atoms with Gasteiger partial charge in [0.1, 0.15) is 5.75 Å². The van der Waals surface area contributed by atoms with Crippen LogP contribution in [-0.2, 0) is 0 Å². The molecule has 0 saturated carbocycles. The van der Waals surface area contributed by atoms with E-state index in [4.69, 9.17) is 9.47 Å². The van der Waals surface area contributed by atoms with Gasteiger partial charge in [-0.2, -0.15) is 0 Å². The molecule has 2 aromatic rings. The quantitative estimate of drug-likeness (QED) is 0.819. The van der Waals surface area contributed by atoms with Crippen LogP contribution in [0.4, 0.5) is 4.39 Å². The van der Waals surface area contributed by atoms with Crippen molar-refractivity contribution in [3.8, 4) is 22.6 Å². The van der Waals surface area contributed by atoms with Crippen LogP contribution in [0.5, 0.6) is 11.5 Å². The summed E-state index contributed by atoms with van der Waals surface area (Å²) in [7, 11) is 3.08. The Bertz CT molecular complexity index is 547. The standard InChI is InChI=1S/C15H15FO2/c1-10-13(8-9-14(18-3)15(10)16)11-4-6-12(17-2)7-5-11/h4-9H,1-3H3. The average molecular weight is 246 g/mol. The predicted octanol–water partition coefficient (Wildman–Crippen LogP) is 3.82. The Labute approximate surface area is 106 Å². The van der Waals surface area contributed by atoms with Crippen molar-refractivity contribution in [2.45, 2.75) is 6.92 Å². The van der Waals surface area contributed by atoms with Crippen LogP contribution in [-0.4, -0.2) is 14.2 Å². The van der Waals surface area contributed by atoms with Gasteiger partial charge >= 0.3 is 0 Å². The van der Waals surface area contributed by atoms with E-state index < -0.39 is 0 Å². The normalized spacial score (nSPS) is 10.2. The Balaban J connectivity index is 2.47. The summed E-state index contributed by atoms with van der Waals surface area (Å²) in [6.45, 7) is 1.75. The maximum atomic E-state index is 13.9. The fourth-order valence-corrected chi connectivity index (χ4v) is 1.90. The lowest BCUT2D eigenvalue weighted by molar-refractivity contribution is 0.385. The Hall–Kier alpha value is -2.03. The van der Waals surface area contributed by atoms with Gasteiger partial charge in [0, 0.05) is 0 Å². The molecule has 0 aliphatic heterocycles. The summed E-state index contributed by atoms with van der Waals surface area (Å²) in [4.78, 5) is 0. The molecule has 0 fully saturated rings. The van der Waals surface area contributed by atoms with Crippen molar-refractivity contribution in [2.75, 3.05) is 14.2 Å². The molecule has 0 amide bonds. The lowest BCUT2D eigenvalue weighted by Gasteiger charge is -2.10. The number of hydrogen-bond donors (Lipinski definition) is 0. The van der Waals surface area contributed by atoms with Crippen LogP contribution in [0.1, 0.15) is 5.56 Å². The van der Waals surface area contributed by atoms with E-state index in [1.54, 1.807) is 20.1 Å². The third kappa shape index (κ3) is 2.16. The van der Waals surface area contributed by atoms with Crippen molar-refractivity contribution in [1.82, 2.24) is 0 Å². The molecule has 0 N–H and O–H groups in total. The first-order valence-corrected chi connectivity index (χ1v) is 5.65. The van der Waals surface area contributed by atoms with Gasteiger partial charge in [0.2, 0.25) is 0 Å². The van der Waals surface area contributed by atoms with Gasteiger partial charge in [-0.25, -0.2) is 4.39 Å². The zero-order valence-electron chi connectivity index (χ0n) is 10.7. The van der Waals surface area contributed by atoms with Gasteiger partial charge in [-0.05, 0) is 41.8 Å². The van der Waals surface area contributed by atoms with Crippen LogP contribution < -0.4 is 9.47 Å². The first-order valence-electron chi connectivity index (χ1n) is 5.65. The van der Waals surface area contributed by atoms with Gasteiger partial charge in [0.15, 0.2) is 11.6 Å². The molecule has 0 atom stereocenters. The second-order valence-corrected chi connectivity index (χ2v) is 3.98. The van der Waals surface area contributed by atoms with Crippen LogP contribution in [0.3, 0.4) is 0 Å². The van der Waals surface area contributed by atoms with E-state index in [0.717, 1.165) is 16.9 Å². The highest BCUT2D eigenvalue weighted by molar-refractivity contribution is 5.69. The molecule has 0 aliphatic carbocycles. The van der Waals surface area contributed by atoms with Gasteiger partial charge < -0.3 is 9.47 Å². The second kappa shape index (κ2) is 5.08. The summed E-state index contributed by atoms with van der Waals surface area (Å²) >= 11 is 0. The molecule has 2 rings (SSSR count). The zero-order chi connectivity index (χ0) is 13.1. The molecule has 2 aromatic carbocycles. The van der Waals surface area contributed by atoms with Crippen molar-refractivity contribution >= 4 is 0 Å². The fourth-order valence-electron chi connectivity index (χ4n) is 1.90. The molecule has 0 spiro atoms. The summed E-state index contributed by atoms with van der Waals surface area (Å²) in [6.07, 6.45) is 0. The Morgan fingerprint density at radius 1 is 0.889 bits per heavy atom. The van der Waals surface area contributed by atoms with Crippen LogP contribution >= 0.6 is 0 Å². The number of ether oxygens (including phenoxy) is 2. The Morgan fingerprint density at radius 2 is 1.56 bits per heavy atom. The van der Waals surface area contributed by atoms with E-state index in [1.165, 1.54) is 7.11 Å². The third-order valence-electron chi connectivity index (χ3n) is 2.97. The van der Waals surface area contributed by atoms with Crippen LogP contribution in [0.25, 0.3) is 11.1 Å². The summed E-state index contributed by atoms with van der Waals surface area (Å²) in [5.41, 5.74) is 2.39. The molecule has 2 nitrogen and oxygen atoms in total. The molecule has 0 aliphatic rings. The molecular weight excluding hydrogens is 231 g/mol. The summed E-state index contributed by atoms with van der Waals surface area (Å²) in [5.74, 6) is 0.737. The minimum absolute atomic E-state index is 0.268. The van der Waals surface area contributed by atoms with Crippen molar-refractivity contribution < 1.29 is 13.9 Å². The van der Waals surface area contributed by atoms with E-state index in [1.807, 2.05) is 30.3 Å². The smallest absolute Gasteiger partial charge is 0.168 e. The third-order valence-corrected chi connectivity index (χ3v) is 2.97. The van der Waals surface area contributed by atoms with Gasteiger partial charge in [0.25, 0.3) is 0 Å². The molecule has 3 heteroatoms. The second-order valence-electron chi connectivity index (χ2n) is 3.98. The number of benzene rings is 2. The molecular formula is C15H15FO2. The zero-order valence-corrected chi connectivity index (χ0v) is 10.7. The summed E-state index contributed by atoms with van der Waals surface area (Å²) in [5, 5.41) is 0. The van der Waals surface area contributed by atoms with E-state index in [2.05, 4.69) is 0 Å². The highest BCUT2D eigenvalue weighted by Crippen LogP contribution is 2.31. The highest BCUT2D eigenvalue weighted by Gasteiger charge is 2.11. The van der Waals surface area contributed by atoms with Gasteiger partial charge in [-0.15, -0.1) is 0 Å². The summed E-state index contributed by atoms with van der Waals surface area (Å²) < 4.78 is 24.0. The maximum absolute atomic E-state index is 13.9. The van der Waals surface area contributed by atoms with E-state index in [9.17, 15) is 4.39 Å². The van der Waals surface area contributed by atoms with E-state index in [0.29, 0.717) is 5.56 Å². The largest absolute Gasteiger partial charge is 0.497 e. The van der Waals surface area contributed by atoms with Crippen LogP contribution in [0, 0.1) is 12.7 Å². The molecule has 0 aromatic heterocycles. The molecule has 0 bridgehead atoms. The lowest BCUT2D eigenvalue weighted by atomic mass is 10.00. The van der Waals surface area contributed by atoms with Gasteiger partial charge in [-0.3, -0.25) is 0 Å². The lowest BCUT2D eigenvalue weighted by Crippen LogP contribution is -1.94. The topological polar surface area (TPSA) is 18.5 Å². The predicted molar refractivity (Wildman–Crippen MR) is 69.7 cm³/mol. The number of hydrogen-bond acceptors (Lipinski definition) is 2. The Kier molecular flexibility index (Phi) is 3.51. The number of methoxy groups -OCH3 is 2. The maximum Gasteiger partial charge on any atom is 0.168 e. The van der Waals surface area contributed by atoms with Gasteiger partial charge in [0.05, 0.1) is 14.2 Å². The van der Waals surface area contributed by atoms with Crippen LogP contribution in [0.2, 0.25) is 0 Å². The van der Waals surface area contributed by atoms with Crippen molar-refractivity contribution in [3.63, 3.8) is 0 Å². The molecule has 94 valence electrons. The Morgan fingerprint density at radius 3 is 2.11 bits per heavy atom.